The van der Waals surface area contributed by atoms with Crippen molar-refractivity contribution in [2.45, 2.75) is 13.0 Å². The van der Waals surface area contributed by atoms with Gasteiger partial charge >= 0.3 is 0 Å². The predicted molar refractivity (Wildman–Crippen MR) is 126 cm³/mol. The lowest BCUT2D eigenvalue weighted by Gasteiger charge is -2.11. The molecule has 3 aromatic heterocycles. The second-order valence-electron chi connectivity index (χ2n) is 7.22. The van der Waals surface area contributed by atoms with Crippen LogP contribution in [0.3, 0.4) is 0 Å². The van der Waals surface area contributed by atoms with Gasteiger partial charge < -0.3 is 11.1 Å². The number of aromatic nitrogens is 3. The van der Waals surface area contributed by atoms with E-state index >= 15 is 0 Å². The molecule has 0 saturated heterocycles. The average Bonchev–Trinajstić information content (AvgIpc) is 3.28. The zero-order valence-corrected chi connectivity index (χ0v) is 18.4. The normalized spacial score (nSPS) is 10.9. The van der Waals surface area contributed by atoms with Gasteiger partial charge in [-0.3, -0.25) is 4.79 Å². The lowest BCUT2D eigenvalue weighted by molar-refractivity contribution is 0.564. The van der Waals surface area contributed by atoms with Crippen molar-refractivity contribution in [1.29, 1.82) is 0 Å². The van der Waals surface area contributed by atoms with E-state index in [1.165, 1.54) is 53.9 Å². The van der Waals surface area contributed by atoms with Crippen LogP contribution in [0.15, 0.2) is 72.2 Å². The van der Waals surface area contributed by atoms with Crippen LogP contribution in [0.25, 0.3) is 21.8 Å². The Morgan fingerprint density at radius 2 is 2.00 bits per heavy atom. The zero-order chi connectivity index (χ0) is 23.4. The van der Waals surface area contributed by atoms with Gasteiger partial charge in [0.05, 0.1) is 5.70 Å². The van der Waals surface area contributed by atoms with Gasteiger partial charge in [0.25, 0.3) is 5.56 Å². The Morgan fingerprint density at radius 1 is 1.15 bits per heavy atom. The Labute approximate surface area is 193 Å². The van der Waals surface area contributed by atoms with E-state index in [2.05, 4.69) is 22.0 Å². The molecule has 0 aliphatic carbocycles. The first-order valence-electron chi connectivity index (χ1n) is 10.2. The van der Waals surface area contributed by atoms with Crippen molar-refractivity contribution in [1.82, 2.24) is 20.1 Å². The first-order valence-corrected chi connectivity index (χ1v) is 11.0. The van der Waals surface area contributed by atoms with Crippen molar-refractivity contribution in [3.8, 4) is 16.1 Å². The molecule has 3 N–H and O–H groups in total. The maximum Gasteiger partial charge on any atom is 0.271 e. The summed E-state index contributed by atoms with van der Waals surface area (Å²) in [5.74, 6) is -1.08. The molecule has 33 heavy (non-hydrogen) atoms. The highest BCUT2D eigenvalue weighted by molar-refractivity contribution is 7.15. The summed E-state index contributed by atoms with van der Waals surface area (Å²) in [7, 11) is 0. The van der Waals surface area contributed by atoms with Crippen molar-refractivity contribution in [2.24, 2.45) is 5.73 Å². The molecule has 9 heteroatoms. The van der Waals surface area contributed by atoms with E-state index in [9.17, 15) is 13.6 Å². The quantitative estimate of drug-likeness (QED) is 0.386. The topological polar surface area (TPSA) is 85.8 Å². The van der Waals surface area contributed by atoms with Gasteiger partial charge in [-0.15, -0.1) is 11.3 Å². The molecule has 0 atom stereocenters. The number of thiophene rings is 1. The van der Waals surface area contributed by atoms with Gasteiger partial charge in [0.15, 0.2) is 0 Å². The maximum absolute atomic E-state index is 14.0. The highest BCUT2D eigenvalue weighted by Gasteiger charge is 2.12. The number of nitrogens with two attached hydrogens (primary N) is 1. The SMILES string of the molecule is C=C(NCc1ccc(-c2cc(F)ccc2CCN)s1)c1ccc(=O)n(-c2cccnc2F)n1. The monoisotopic (exact) mass is 465 g/mol. The number of halogens is 2. The standard InChI is InChI=1S/C24H21F2N5OS/c1-15(20-7-9-23(32)31(30-20)21-3-2-12-28-24(21)26)29-14-18-6-8-22(33-18)19-13-17(25)5-4-16(19)10-11-27/h2-9,12-13,29H,1,10-11,14,27H2. The molecule has 0 unspecified atom stereocenters. The molecule has 0 amide bonds. The van der Waals surface area contributed by atoms with Crippen LogP contribution >= 0.6 is 11.3 Å². The lowest BCUT2D eigenvalue weighted by Crippen LogP contribution is -2.24. The van der Waals surface area contributed by atoms with E-state index in [-0.39, 0.29) is 11.5 Å². The summed E-state index contributed by atoms with van der Waals surface area (Å²) in [6.07, 6.45) is 1.96. The molecule has 4 aromatic rings. The van der Waals surface area contributed by atoms with Crippen LogP contribution in [0.1, 0.15) is 16.1 Å². The minimum Gasteiger partial charge on any atom is -0.379 e. The summed E-state index contributed by atoms with van der Waals surface area (Å²) in [4.78, 5) is 17.7. The van der Waals surface area contributed by atoms with Gasteiger partial charge in [0.1, 0.15) is 17.2 Å². The first-order chi connectivity index (χ1) is 16.0. The second kappa shape index (κ2) is 9.85. The Hall–Kier alpha value is -3.69. The number of hydrogen-bond donors (Lipinski definition) is 2. The van der Waals surface area contributed by atoms with Gasteiger partial charge in [-0.1, -0.05) is 12.6 Å². The summed E-state index contributed by atoms with van der Waals surface area (Å²) in [6, 6.07) is 14.4. The van der Waals surface area contributed by atoms with Gasteiger partial charge in [-0.25, -0.2) is 9.37 Å². The third-order valence-electron chi connectivity index (χ3n) is 4.97. The molecule has 0 radical (unpaired) electrons. The largest absolute Gasteiger partial charge is 0.379 e. The van der Waals surface area contributed by atoms with Crippen molar-refractivity contribution in [3.05, 3.63) is 106 Å². The van der Waals surface area contributed by atoms with Crippen LogP contribution in [0.4, 0.5) is 8.78 Å². The van der Waals surface area contributed by atoms with E-state index < -0.39 is 11.5 Å². The minimum absolute atomic E-state index is 0.0385. The highest BCUT2D eigenvalue weighted by Crippen LogP contribution is 2.32. The van der Waals surface area contributed by atoms with Crippen LogP contribution < -0.4 is 16.6 Å². The summed E-state index contributed by atoms with van der Waals surface area (Å²) >= 11 is 1.53. The van der Waals surface area contributed by atoms with Crippen LogP contribution in [0.5, 0.6) is 0 Å². The van der Waals surface area contributed by atoms with E-state index in [0.717, 1.165) is 25.6 Å². The summed E-state index contributed by atoms with van der Waals surface area (Å²) < 4.78 is 28.8. The fourth-order valence-corrected chi connectivity index (χ4v) is 4.33. The lowest BCUT2D eigenvalue weighted by atomic mass is 10.0. The fourth-order valence-electron chi connectivity index (χ4n) is 3.33. The first kappa shape index (κ1) is 22.5. The molecule has 0 fully saturated rings. The van der Waals surface area contributed by atoms with E-state index in [4.69, 9.17) is 5.73 Å². The zero-order valence-electron chi connectivity index (χ0n) is 17.6. The Morgan fingerprint density at radius 3 is 2.79 bits per heavy atom. The number of nitrogens with zero attached hydrogens (tertiary/aromatic N) is 3. The molecule has 168 valence electrons. The molecule has 0 bridgehead atoms. The summed E-state index contributed by atoms with van der Waals surface area (Å²) in [5, 5.41) is 7.40. The van der Waals surface area contributed by atoms with Crippen molar-refractivity contribution in [3.63, 3.8) is 0 Å². The molecule has 0 aliphatic rings. The third-order valence-corrected chi connectivity index (χ3v) is 6.08. The molecule has 1 aromatic carbocycles. The number of benzene rings is 1. The van der Waals surface area contributed by atoms with Crippen molar-refractivity contribution in [2.75, 3.05) is 6.54 Å². The van der Waals surface area contributed by atoms with Gasteiger partial charge in [-0.05, 0) is 66.6 Å². The Bertz CT molecular complexity index is 1360. The Balaban J connectivity index is 1.51. The van der Waals surface area contributed by atoms with Gasteiger partial charge in [0.2, 0.25) is 5.95 Å². The number of pyridine rings is 1. The maximum atomic E-state index is 14.0. The average molecular weight is 466 g/mol. The number of rotatable bonds is 8. The molecule has 0 aliphatic heterocycles. The smallest absolute Gasteiger partial charge is 0.271 e. The van der Waals surface area contributed by atoms with Crippen molar-refractivity contribution >= 4 is 17.0 Å². The molecule has 4 rings (SSSR count). The van der Waals surface area contributed by atoms with Gasteiger partial charge in [0, 0.05) is 28.6 Å². The molecule has 0 spiro atoms. The number of hydrogen-bond acceptors (Lipinski definition) is 6. The van der Waals surface area contributed by atoms with Crippen LogP contribution in [0, 0.1) is 11.8 Å². The molecule has 6 nitrogen and oxygen atoms in total. The summed E-state index contributed by atoms with van der Waals surface area (Å²) in [5.41, 5.74) is 7.87. The second-order valence-corrected chi connectivity index (χ2v) is 8.39. The molecular weight excluding hydrogens is 444 g/mol. The fraction of sp³-hybridized carbons (Fsp3) is 0.125. The van der Waals surface area contributed by atoms with Gasteiger partial charge in [-0.2, -0.15) is 14.2 Å². The van der Waals surface area contributed by atoms with Crippen LogP contribution in [-0.4, -0.2) is 21.3 Å². The van der Waals surface area contributed by atoms with E-state index in [1.807, 2.05) is 12.1 Å². The Kier molecular flexibility index (Phi) is 6.71. The van der Waals surface area contributed by atoms with Crippen molar-refractivity contribution < 1.29 is 8.78 Å². The minimum atomic E-state index is -0.791. The van der Waals surface area contributed by atoms with E-state index in [1.54, 1.807) is 6.07 Å². The third kappa shape index (κ3) is 5.05. The van der Waals surface area contributed by atoms with E-state index in [0.29, 0.717) is 30.9 Å². The molecular formula is C24H21F2N5OS. The molecule has 0 saturated carbocycles. The summed E-state index contributed by atoms with van der Waals surface area (Å²) in [6.45, 7) is 4.92. The number of nitrogens with one attached hydrogen (secondary N) is 1. The van der Waals surface area contributed by atoms with Crippen LogP contribution in [-0.2, 0) is 13.0 Å². The van der Waals surface area contributed by atoms with Crippen LogP contribution in [0.2, 0.25) is 0 Å². The highest BCUT2D eigenvalue weighted by atomic mass is 32.1. The molecule has 3 heterocycles. The predicted octanol–water partition coefficient (Wildman–Crippen LogP) is 3.90.